The first kappa shape index (κ1) is 16.4. The number of aryl methyl sites for hydroxylation is 2. The number of hydrogen-bond acceptors (Lipinski definition) is 7. The summed E-state index contributed by atoms with van der Waals surface area (Å²) in [5, 5.41) is 10.4. The van der Waals surface area contributed by atoms with Gasteiger partial charge in [0, 0.05) is 28.4 Å². The van der Waals surface area contributed by atoms with E-state index in [2.05, 4.69) is 25.1 Å². The average Bonchev–Trinajstić information content (AvgIpc) is 3.26. The highest BCUT2D eigenvalue weighted by Gasteiger charge is 2.18. The van der Waals surface area contributed by atoms with Crippen LogP contribution in [0.5, 0.6) is 0 Å². The molecule has 0 saturated carbocycles. The Bertz CT molecular complexity index is 1110. The Labute approximate surface area is 150 Å². The summed E-state index contributed by atoms with van der Waals surface area (Å²) < 4.78 is 33.6. The normalized spacial score (nSPS) is 11.1. The maximum absolute atomic E-state index is 14.5. The molecule has 0 fully saturated rings. The van der Waals surface area contributed by atoms with E-state index in [9.17, 15) is 8.78 Å². The van der Waals surface area contributed by atoms with Gasteiger partial charge in [0.1, 0.15) is 11.5 Å². The van der Waals surface area contributed by atoms with E-state index >= 15 is 0 Å². The number of hydrogen-bond donors (Lipinski definition) is 0. The minimum Gasteiger partial charge on any atom is -0.412 e. The molecule has 4 rings (SSSR count). The van der Waals surface area contributed by atoms with Gasteiger partial charge in [-0.3, -0.25) is 4.98 Å². The van der Waals surface area contributed by atoms with Gasteiger partial charge in [-0.25, -0.2) is 18.7 Å². The molecule has 0 N–H and O–H groups in total. The summed E-state index contributed by atoms with van der Waals surface area (Å²) in [6.45, 7) is 3.37. The monoisotopic (exact) mass is 371 g/mol. The molecule has 0 aliphatic heterocycles. The van der Waals surface area contributed by atoms with Gasteiger partial charge in [0.05, 0.1) is 11.9 Å². The third-order valence-corrected chi connectivity index (χ3v) is 4.53. The van der Waals surface area contributed by atoms with Gasteiger partial charge in [0.15, 0.2) is 10.8 Å². The smallest absolute Gasteiger partial charge is 0.277 e. The first-order chi connectivity index (χ1) is 12.5. The van der Waals surface area contributed by atoms with Gasteiger partial charge in [-0.2, -0.15) is 0 Å². The molecule has 0 aliphatic rings. The van der Waals surface area contributed by atoms with Crippen molar-refractivity contribution >= 4 is 11.3 Å². The molecule has 0 aromatic carbocycles. The fourth-order valence-corrected chi connectivity index (χ4v) is 3.12. The number of pyridine rings is 2. The van der Waals surface area contributed by atoms with Crippen LogP contribution in [-0.2, 0) is 0 Å². The second-order valence-corrected chi connectivity index (χ2v) is 6.41. The Morgan fingerprint density at radius 3 is 2.54 bits per heavy atom. The highest BCUT2D eigenvalue weighted by molar-refractivity contribution is 7.13. The fraction of sp³-hybridized carbons (Fsp3) is 0.118. The number of rotatable bonds is 3. The van der Waals surface area contributed by atoms with Crippen LogP contribution in [0.4, 0.5) is 8.78 Å². The molecule has 0 atom stereocenters. The molecule has 6 nitrogen and oxygen atoms in total. The van der Waals surface area contributed by atoms with E-state index in [4.69, 9.17) is 4.42 Å². The Morgan fingerprint density at radius 2 is 1.81 bits per heavy atom. The number of thiazole rings is 1. The molecule has 4 aromatic rings. The zero-order valence-corrected chi connectivity index (χ0v) is 14.5. The minimum absolute atomic E-state index is 0.126. The van der Waals surface area contributed by atoms with Crippen LogP contribution in [0.3, 0.4) is 0 Å². The highest BCUT2D eigenvalue weighted by Crippen LogP contribution is 2.30. The highest BCUT2D eigenvalue weighted by atomic mass is 32.1. The van der Waals surface area contributed by atoms with Gasteiger partial charge in [0.25, 0.3) is 11.8 Å². The summed E-state index contributed by atoms with van der Waals surface area (Å²) >= 11 is 1.38. The van der Waals surface area contributed by atoms with Crippen LogP contribution in [0, 0.1) is 25.5 Å². The van der Waals surface area contributed by atoms with Gasteiger partial charge in [-0.15, -0.1) is 21.5 Å². The van der Waals surface area contributed by atoms with Crippen molar-refractivity contribution in [3.05, 3.63) is 52.9 Å². The van der Waals surface area contributed by atoms with Crippen LogP contribution in [0.2, 0.25) is 0 Å². The van der Waals surface area contributed by atoms with Crippen molar-refractivity contribution in [2.75, 3.05) is 0 Å². The lowest BCUT2D eigenvalue weighted by atomic mass is 10.1. The van der Waals surface area contributed by atoms with E-state index in [0.717, 1.165) is 11.9 Å². The molecule has 0 bridgehead atoms. The molecule has 0 radical (unpaired) electrons. The molecular formula is C17H11F2N5OS. The van der Waals surface area contributed by atoms with E-state index in [1.54, 1.807) is 0 Å². The summed E-state index contributed by atoms with van der Waals surface area (Å²) in [6.07, 6.45) is 2.43. The van der Waals surface area contributed by atoms with Crippen molar-refractivity contribution in [1.29, 1.82) is 0 Å². The second-order valence-electron chi connectivity index (χ2n) is 5.55. The van der Waals surface area contributed by atoms with Crippen molar-refractivity contribution in [3.63, 3.8) is 0 Å². The Balaban J connectivity index is 1.79. The minimum atomic E-state index is -0.559. The first-order valence-corrected chi connectivity index (χ1v) is 8.43. The van der Waals surface area contributed by atoms with E-state index in [-0.39, 0.29) is 28.7 Å². The summed E-state index contributed by atoms with van der Waals surface area (Å²) in [7, 11) is 0. The van der Waals surface area contributed by atoms with Gasteiger partial charge >= 0.3 is 0 Å². The fourth-order valence-electron chi connectivity index (χ4n) is 2.40. The molecule has 9 heteroatoms. The third-order valence-electron chi connectivity index (χ3n) is 3.59. The lowest BCUT2D eigenvalue weighted by Crippen LogP contribution is -1.97. The Hall–Kier alpha value is -3.07. The predicted molar refractivity (Wildman–Crippen MR) is 91.3 cm³/mol. The maximum Gasteiger partial charge on any atom is 0.277 e. The largest absolute Gasteiger partial charge is 0.412 e. The predicted octanol–water partition coefficient (Wildman–Crippen LogP) is 4.21. The van der Waals surface area contributed by atoms with Gasteiger partial charge in [-0.1, -0.05) is 0 Å². The van der Waals surface area contributed by atoms with Crippen LogP contribution in [-0.4, -0.2) is 25.1 Å². The van der Waals surface area contributed by atoms with Crippen LogP contribution in [0.1, 0.15) is 11.4 Å². The van der Waals surface area contributed by atoms with Gasteiger partial charge < -0.3 is 4.42 Å². The molecule has 0 unspecified atom stereocenters. The Kier molecular flexibility index (Phi) is 4.00. The summed E-state index contributed by atoms with van der Waals surface area (Å²) in [5.41, 5.74) is 1.72. The van der Waals surface area contributed by atoms with E-state index in [1.807, 2.05) is 12.3 Å². The van der Waals surface area contributed by atoms with Crippen LogP contribution in [0.25, 0.3) is 33.6 Å². The molecule has 0 amide bonds. The van der Waals surface area contributed by atoms with Crippen molar-refractivity contribution in [2.45, 2.75) is 13.8 Å². The molecule has 130 valence electrons. The van der Waals surface area contributed by atoms with E-state index < -0.39 is 11.6 Å². The Morgan fingerprint density at radius 1 is 1.00 bits per heavy atom. The molecule has 4 heterocycles. The van der Waals surface area contributed by atoms with E-state index in [0.29, 0.717) is 10.6 Å². The van der Waals surface area contributed by atoms with Crippen molar-refractivity contribution in [2.24, 2.45) is 0 Å². The standard InChI is InChI=1S/C17H11F2N5OS/c1-8-7-26-17(21-8)16-24-23-15(25-16)13-4-12(14(19)9(2)22-13)10-3-11(18)6-20-5-10/h3-7H,1-2H3. The number of halogens is 2. The van der Waals surface area contributed by atoms with E-state index in [1.165, 1.54) is 36.6 Å². The zero-order chi connectivity index (χ0) is 18.3. The number of nitrogens with zero attached hydrogens (tertiary/aromatic N) is 5. The molecule has 0 spiro atoms. The SMILES string of the molecule is Cc1csc(-c2nnc(-c3cc(-c4cncc(F)c4)c(F)c(C)n3)o2)n1. The average molecular weight is 371 g/mol. The summed E-state index contributed by atoms with van der Waals surface area (Å²) in [4.78, 5) is 12.2. The quantitative estimate of drug-likeness (QED) is 0.537. The van der Waals surface area contributed by atoms with Crippen molar-refractivity contribution in [1.82, 2.24) is 25.1 Å². The van der Waals surface area contributed by atoms with Gasteiger partial charge in [0.2, 0.25) is 0 Å². The zero-order valence-electron chi connectivity index (χ0n) is 13.7. The second kappa shape index (κ2) is 6.34. The molecule has 0 saturated heterocycles. The van der Waals surface area contributed by atoms with Crippen LogP contribution in [0.15, 0.2) is 34.3 Å². The summed E-state index contributed by atoms with van der Waals surface area (Å²) in [5.74, 6) is -0.731. The molecule has 0 aliphatic carbocycles. The lowest BCUT2D eigenvalue weighted by Gasteiger charge is -2.07. The first-order valence-electron chi connectivity index (χ1n) is 7.55. The topological polar surface area (TPSA) is 77.6 Å². The maximum atomic E-state index is 14.5. The van der Waals surface area contributed by atoms with Crippen LogP contribution < -0.4 is 0 Å². The van der Waals surface area contributed by atoms with Crippen molar-refractivity contribution < 1.29 is 13.2 Å². The molecule has 26 heavy (non-hydrogen) atoms. The summed E-state index contributed by atoms with van der Waals surface area (Å²) in [6, 6.07) is 2.63. The molecule has 4 aromatic heterocycles. The van der Waals surface area contributed by atoms with Gasteiger partial charge in [-0.05, 0) is 26.0 Å². The number of aromatic nitrogens is 5. The van der Waals surface area contributed by atoms with Crippen LogP contribution >= 0.6 is 11.3 Å². The van der Waals surface area contributed by atoms with Crippen molar-refractivity contribution in [3.8, 4) is 33.6 Å². The lowest BCUT2D eigenvalue weighted by molar-refractivity contribution is 0.578. The molecular weight excluding hydrogens is 360 g/mol. The third kappa shape index (κ3) is 2.97.